The van der Waals surface area contributed by atoms with Gasteiger partial charge in [0.15, 0.2) is 0 Å². The Morgan fingerprint density at radius 2 is 2.27 bits per heavy atom. The molecule has 0 aliphatic carbocycles. The molecule has 6 heteroatoms. The lowest BCUT2D eigenvalue weighted by Crippen LogP contribution is -2.28. The number of fused-ring (bicyclic) bond motifs is 3. The first kappa shape index (κ1) is 14.9. The molecular weight excluding hydrogens is 282 g/mol. The molecule has 3 rings (SSSR count). The Labute approximate surface area is 129 Å². The number of phenols is 1. The van der Waals surface area contributed by atoms with E-state index in [-0.39, 0.29) is 12.4 Å². The number of aliphatic hydroxyl groups excluding tert-OH is 1. The Hall–Kier alpha value is -2.05. The summed E-state index contributed by atoms with van der Waals surface area (Å²) in [6.45, 7) is 4.68. The Morgan fingerprint density at radius 3 is 3.05 bits per heavy atom. The van der Waals surface area contributed by atoms with Crippen LogP contribution in [0.3, 0.4) is 0 Å². The molecule has 0 amide bonds. The first-order chi connectivity index (χ1) is 10.7. The van der Waals surface area contributed by atoms with Crippen LogP contribution in [-0.2, 0) is 17.9 Å². The second-order valence-electron chi connectivity index (χ2n) is 5.35. The standard InChI is InChI=1S/C16H21N3O3/c1-2-22-10-15-17-13-9-19(6-3-7-20)14-5-4-11(21)8-12(14)16(13)18-15/h4-5,8,20-21H,2-3,6-7,9-10H2,1H3,(H,17,18). The van der Waals surface area contributed by atoms with E-state index in [1.54, 1.807) is 12.1 Å². The molecule has 22 heavy (non-hydrogen) atoms. The molecule has 3 N–H and O–H groups in total. The van der Waals surface area contributed by atoms with Crippen molar-refractivity contribution in [2.75, 3.05) is 24.7 Å². The minimum atomic E-state index is 0.162. The van der Waals surface area contributed by atoms with Crippen molar-refractivity contribution < 1.29 is 14.9 Å². The van der Waals surface area contributed by atoms with Gasteiger partial charge < -0.3 is 24.8 Å². The minimum absolute atomic E-state index is 0.162. The average Bonchev–Trinajstić information content (AvgIpc) is 2.93. The van der Waals surface area contributed by atoms with E-state index in [0.717, 1.165) is 35.0 Å². The molecule has 0 saturated heterocycles. The summed E-state index contributed by atoms with van der Waals surface area (Å²) in [5, 5.41) is 18.9. The molecule has 0 radical (unpaired) electrons. The molecular formula is C16H21N3O3. The summed E-state index contributed by atoms with van der Waals surface area (Å²) in [4.78, 5) is 10.1. The zero-order valence-corrected chi connectivity index (χ0v) is 12.7. The quantitative estimate of drug-likeness (QED) is 0.760. The van der Waals surface area contributed by atoms with Crippen LogP contribution >= 0.6 is 0 Å². The fourth-order valence-corrected chi connectivity index (χ4v) is 2.79. The van der Waals surface area contributed by atoms with Gasteiger partial charge >= 0.3 is 0 Å². The van der Waals surface area contributed by atoms with Gasteiger partial charge in [-0.2, -0.15) is 0 Å². The third-order valence-electron chi connectivity index (χ3n) is 3.78. The first-order valence-electron chi connectivity index (χ1n) is 7.57. The zero-order valence-electron chi connectivity index (χ0n) is 12.7. The molecule has 1 aromatic heterocycles. The minimum Gasteiger partial charge on any atom is -0.508 e. The highest BCUT2D eigenvalue weighted by Crippen LogP contribution is 2.39. The van der Waals surface area contributed by atoms with E-state index in [9.17, 15) is 5.11 Å². The van der Waals surface area contributed by atoms with Crippen molar-refractivity contribution >= 4 is 5.69 Å². The van der Waals surface area contributed by atoms with Crippen molar-refractivity contribution in [2.45, 2.75) is 26.5 Å². The van der Waals surface area contributed by atoms with E-state index in [1.807, 2.05) is 13.0 Å². The lowest BCUT2D eigenvalue weighted by Gasteiger charge is -2.30. The van der Waals surface area contributed by atoms with Gasteiger partial charge in [0.2, 0.25) is 0 Å². The normalized spacial score (nSPS) is 13.1. The predicted octanol–water partition coefficient (Wildman–Crippen LogP) is 2.02. The number of imidazole rings is 1. The van der Waals surface area contributed by atoms with Gasteiger partial charge in [-0.25, -0.2) is 4.98 Å². The van der Waals surface area contributed by atoms with Crippen LogP contribution in [0.2, 0.25) is 0 Å². The average molecular weight is 303 g/mol. The van der Waals surface area contributed by atoms with Crippen molar-refractivity contribution in [1.82, 2.24) is 9.97 Å². The van der Waals surface area contributed by atoms with Gasteiger partial charge in [-0.3, -0.25) is 0 Å². The number of benzene rings is 1. The molecule has 6 nitrogen and oxygen atoms in total. The fraction of sp³-hybridized carbons (Fsp3) is 0.438. The van der Waals surface area contributed by atoms with Crippen LogP contribution in [0.15, 0.2) is 18.2 Å². The van der Waals surface area contributed by atoms with Crippen LogP contribution in [0.4, 0.5) is 5.69 Å². The monoisotopic (exact) mass is 303 g/mol. The molecule has 1 aliphatic heterocycles. The number of aliphatic hydroxyl groups is 1. The number of nitrogens with one attached hydrogen (secondary N) is 1. The molecule has 0 unspecified atom stereocenters. The Bertz CT molecular complexity index is 654. The van der Waals surface area contributed by atoms with E-state index in [0.29, 0.717) is 26.2 Å². The summed E-state index contributed by atoms with van der Waals surface area (Å²) < 4.78 is 5.41. The second kappa shape index (κ2) is 6.37. The molecule has 2 aromatic rings. The number of hydrogen-bond acceptors (Lipinski definition) is 5. The molecule has 0 fully saturated rings. The second-order valence-corrected chi connectivity index (χ2v) is 5.35. The molecule has 0 atom stereocenters. The van der Waals surface area contributed by atoms with Crippen molar-refractivity contribution in [3.63, 3.8) is 0 Å². The predicted molar refractivity (Wildman–Crippen MR) is 83.8 cm³/mol. The maximum absolute atomic E-state index is 9.80. The smallest absolute Gasteiger partial charge is 0.133 e. The number of H-pyrrole nitrogens is 1. The number of nitrogens with zero attached hydrogens (tertiary/aromatic N) is 2. The van der Waals surface area contributed by atoms with Crippen molar-refractivity contribution in [2.24, 2.45) is 0 Å². The third kappa shape index (κ3) is 2.80. The van der Waals surface area contributed by atoms with E-state index < -0.39 is 0 Å². The van der Waals surface area contributed by atoms with Gasteiger partial charge in [0.1, 0.15) is 18.2 Å². The van der Waals surface area contributed by atoms with Crippen LogP contribution in [0.1, 0.15) is 24.9 Å². The number of ether oxygens (including phenoxy) is 1. The number of aromatic amines is 1. The number of rotatable bonds is 6. The van der Waals surface area contributed by atoms with Gasteiger partial charge in [0, 0.05) is 31.0 Å². The Morgan fingerprint density at radius 1 is 1.41 bits per heavy atom. The summed E-state index contributed by atoms with van der Waals surface area (Å²) in [5.74, 6) is 1.02. The van der Waals surface area contributed by atoms with Gasteiger partial charge in [-0.1, -0.05) is 0 Å². The summed E-state index contributed by atoms with van der Waals surface area (Å²) in [5.41, 5.74) is 3.85. The zero-order chi connectivity index (χ0) is 15.5. The van der Waals surface area contributed by atoms with Crippen LogP contribution in [0.5, 0.6) is 5.75 Å². The Balaban J connectivity index is 1.97. The van der Waals surface area contributed by atoms with Gasteiger partial charge in [-0.15, -0.1) is 0 Å². The van der Waals surface area contributed by atoms with E-state index >= 15 is 0 Å². The van der Waals surface area contributed by atoms with Crippen LogP contribution in [0, 0.1) is 0 Å². The summed E-state index contributed by atoms with van der Waals surface area (Å²) in [6.07, 6.45) is 0.704. The molecule has 118 valence electrons. The lowest BCUT2D eigenvalue weighted by molar-refractivity contribution is 0.129. The van der Waals surface area contributed by atoms with E-state index in [4.69, 9.17) is 9.84 Å². The highest BCUT2D eigenvalue weighted by Gasteiger charge is 2.25. The summed E-state index contributed by atoms with van der Waals surface area (Å²) in [6, 6.07) is 5.33. The highest BCUT2D eigenvalue weighted by molar-refractivity contribution is 5.82. The maximum Gasteiger partial charge on any atom is 0.133 e. The number of aromatic nitrogens is 2. The van der Waals surface area contributed by atoms with Gasteiger partial charge in [0.25, 0.3) is 0 Å². The topological polar surface area (TPSA) is 81.6 Å². The first-order valence-corrected chi connectivity index (χ1v) is 7.57. The summed E-state index contributed by atoms with van der Waals surface area (Å²) in [7, 11) is 0. The molecule has 0 bridgehead atoms. The van der Waals surface area contributed by atoms with Crippen molar-refractivity contribution in [3.8, 4) is 17.0 Å². The van der Waals surface area contributed by atoms with Crippen LogP contribution < -0.4 is 4.90 Å². The number of hydrogen-bond donors (Lipinski definition) is 3. The van der Waals surface area contributed by atoms with Crippen LogP contribution in [0.25, 0.3) is 11.3 Å². The third-order valence-corrected chi connectivity index (χ3v) is 3.78. The fourth-order valence-electron chi connectivity index (χ4n) is 2.79. The number of aromatic hydroxyl groups is 1. The highest BCUT2D eigenvalue weighted by atomic mass is 16.5. The van der Waals surface area contributed by atoms with E-state index in [1.165, 1.54) is 0 Å². The number of phenolic OH excluding ortho intramolecular Hbond substituents is 1. The van der Waals surface area contributed by atoms with Crippen molar-refractivity contribution in [1.29, 1.82) is 0 Å². The number of anilines is 1. The SMILES string of the molecule is CCOCc1nc2c([nH]1)CN(CCCO)c1ccc(O)cc1-2. The molecule has 1 aromatic carbocycles. The van der Waals surface area contributed by atoms with Crippen molar-refractivity contribution in [3.05, 3.63) is 29.7 Å². The lowest BCUT2D eigenvalue weighted by atomic mass is 10.0. The maximum atomic E-state index is 9.80. The van der Waals surface area contributed by atoms with Gasteiger partial charge in [-0.05, 0) is 31.5 Å². The van der Waals surface area contributed by atoms with E-state index in [2.05, 4.69) is 14.9 Å². The summed E-state index contributed by atoms with van der Waals surface area (Å²) >= 11 is 0. The largest absolute Gasteiger partial charge is 0.508 e. The van der Waals surface area contributed by atoms with Gasteiger partial charge in [0.05, 0.1) is 17.9 Å². The molecule has 2 heterocycles. The Kier molecular flexibility index (Phi) is 4.31. The molecule has 0 spiro atoms. The van der Waals surface area contributed by atoms with Crippen LogP contribution in [-0.4, -0.2) is 39.9 Å². The molecule has 1 aliphatic rings. The molecule has 0 saturated carbocycles.